The van der Waals surface area contributed by atoms with Crippen LogP contribution >= 0.6 is 0 Å². The van der Waals surface area contributed by atoms with Crippen LogP contribution in [0.15, 0.2) is 23.1 Å². The molecule has 0 bridgehead atoms. The molecule has 3 aliphatic rings. The third-order valence-corrected chi connectivity index (χ3v) is 5.99. The smallest absolute Gasteiger partial charge is 0.341 e. The zero-order chi connectivity index (χ0) is 18.7. The molecule has 0 atom stereocenters. The molecule has 2 saturated carbocycles. The molecule has 1 N–H and O–H groups in total. The summed E-state index contributed by atoms with van der Waals surface area (Å²) < 4.78 is 16.7. The van der Waals surface area contributed by atoms with E-state index in [4.69, 9.17) is 0 Å². The number of carbonyl (C=O) groups is 1. The molecule has 2 heterocycles. The molecular formula is C20H22FN3O3. The quantitative estimate of drug-likeness (QED) is 0.894. The summed E-state index contributed by atoms with van der Waals surface area (Å²) in [5.41, 5.74) is 0.237. The van der Waals surface area contributed by atoms with Crippen molar-refractivity contribution in [3.05, 3.63) is 39.9 Å². The molecule has 2 aromatic rings. The van der Waals surface area contributed by atoms with Gasteiger partial charge in [0.05, 0.1) is 11.2 Å². The summed E-state index contributed by atoms with van der Waals surface area (Å²) in [4.78, 5) is 28.5. The number of aromatic carboxylic acids is 1. The lowest BCUT2D eigenvalue weighted by Gasteiger charge is -2.36. The number of rotatable bonds is 4. The average Bonchev–Trinajstić information content (AvgIpc) is 3.55. The summed E-state index contributed by atoms with van der Waals surface area (Å²) >= 11 is 0. The molecule has 0 radical (unpaired) electrons. The Balaban J connectivity index is 1.57. The number of carboxylic acids is 1. The Bertz CT molecular complexity index is 986. The van der Waals surface area contributed by atoms with Crippen molar-refractivity contribution in [2.24, 2.45) is 0 Å². The molecule has 1 saturated heterocycles. The second-order valence-corrected chi connectivity index (χ2v) is 7.89. The molecule has 6 nitrogen and oxygen atoms in total. The molecule has 142 valence electrons. The number of halogens is 1. The second kappa shape index (κ2) is 6.05. The van der Waals surface area contributed by atoms with E-state index in [0.717, 1.165) is 39.0 Å². The maximum Gasteiger partial charge on any atom is 0.341 e. The summed E-state index contributed by atoms with van der Waals surface area (Å²) in [6, 6.07) is 3.87. The summed E-state index contributed by atoms with van der Waals surface area (Å²) in [7, 11) is 0. The van der Waals surface area contributed by atoms with Crippen LogP contribution in [0.2, 0.25) is 0 Å². The minimum absolute atomic E-state index is 0.152. The van der Waals surface area contributed by atoms with Gasteiger partial charge in [0, 0.05) is 49.8 Å². The summed E-state index contributed by atoms with van der Waals surface area (Å²) in [5, 5.41) is 9.49. The van der Waals surface area contributed by atoms with Crippen molar-refractivity contribution in [2.45, 2.75) is 37.8 Å². The highest BCUT2D eigenvalue weighted by atomic mass is 19.1. The van der Waals surface area contributed by atoms with Gasteiger partial charge in [0.25, 0.3) is 0 Å². The van der Waals surface area contributed by atoms with E-state index in [1.807, 2.05) is 9.47 Å². The number of pyridine rings is 1. The first kappa shape index (κ1) is 16.7. The number of anilines is 1. The first-order valence-electron chi connectivity index (χ1n) is 9.63. The summed E-state index contributed by atoms with van der Waals surface area (Å²) in [5.74, 6) is -1.72. The average molecular weight is 371 g/mol. The van der Waals surface area contributed by atoms with Crippen LogP contribution in [0.4, 0.5) is 10.1 Å². The lowest BCUT2D eigenvalue weighted by Crippen LogP contribution is -2.47. The maximum absolute atomic E-state index is 14.9. The van der Waals surface area contributed by atoms with Gasteiger partial charge in [0.1, 0.15) is 11.4 Å². The molecule has 1 aliphatic heterocycles. The van der Waals surface area contributed by atoms with E-state index in [9.17, 15) is 19.1 Å². The number of fused-ring (bicyclic) bond motifs is 1. The van der Waals surface area contributed by atoms with Gasteiger partial charge in [-0.1, -0.05) is 0 Å². The lowest BCUT2D eigenvalue weighted by atomic mass is 10.1. The highest BCUT2D eigenvalue weighted by Crippen LogP contribution is 2.38. The van der Waals surface area contributed by atoms with Crippen LogP contribution < -0.4 is 10.3 Å². The predicted molar refractivity (Wildman–Crippen MR) is 100 cm³/mol. The van der Waals surface area contributed by atoms with Crippen molar-refractivity contribution in [3.8, 4) is 0 Å². The van der Waals surface area contributed by atoms with E-state index in [1.54, 1.807) is 6.07 Å². The Labute approximate surface area is 155 Å². The van der Waals surface area contributed by atoms with Gasteiger partial charge in [0.15, 0.2) is 0 Å². The Hall–Kier alpha value is -2.41. The van der Waals surface area contributed by atoms with Crippen LogP contribution in [0.1, 0.15) is 42.1 Å². The van der Waals surface area contributed by atoms with Gasteiger partial charge in [0.2, 0.25) is 5.43 Å². The topological polar surface area (TPSA) is 65.8 Å². The van der Waals surface area contributed by atoms with Crippen LogP contribution in [-0.4, -0.2) is 52.8 Å². The van der Waals surface area contributed by atoms with Crippen molar-refractivity contribution in [3.63, 3.8) is 0 Å². The fourth-order valence-corrected chi connectivity index (χ4v) is 4.18. The van der Waals surface area contributed by atoms with Crippen molar-refractivity contribution in [1.82, 2.24) is 9.47 Å². The van der Waals surface area contributed by atoms with Gasteiger partial charge in [-0.15, -0.1) is 0 Å². The predicted octanol–water partition coefficient (Wildman–Crippen LogP) is 2.46. The standard InChI is InChI=1S/C20H22FN3O3/c21-16-9-14-17(24(13-3-4-13)11-15(19(14)25)20(26)27)10-18(16)23-7-5-22(6-8-23)12-1-2-12/h9-13H,1-8H2,(H,26,27). The SMILES string of the molecule is O=C(O)c1cn(C2CC2)c2cc(N3CCN(C4CC4)CC3)c(F)cc2c1=O. The van der Waals surface area contributed by atoms with Gasteiger partial charge in [-0.05, 0) is 37.8 Å². The molecule has 2 aliphatic carbocycles. The molecule has 0 spiro atoms. The number of hydrogen-bond acceptors (Lipinski definition) is 4. The van der Waals surface area contributed by atoms with Crippen molar-refractivity contribution < 1.29 is 14.3 Å². The Morgan fingerprint density at radius 2 is 1.70 bits per heavy atom. The fraction of sp³-hybridized carbons (Fsp3) is 0.500. The lowest BCUT2D eigenvalue weighted by molar-refractivity contribution is 0.0695. The number of aromatic nitrogens is 1. The largest absolute Gasteiger partial charge is 0.477 e. The number of hydrogen-bond donors (Lipinski definition) is 1. The zero-order valence-electron chi connectivity index (χ0n) is 15.0. The fourth-order valence-electron chi connectivity index (χ4n) is 4.18. The normalized spacial score (nSPS) is 21.0. The van der Waals surface area contributed by atoms with Gasteiger partial charge < -0.3 is 14.6 Å². The van der Waals surface area contributed by atoms with Gasteiger partial charge in [-0.3, -0.25) is 9.69 Å². The molecule has 7 heteroatoms. The van der Waals surface area contributed by atoms with E-state index in [2.05, 4.69) is 4.90 Å². The molecule has 3 fully saturated rings. The molecule has 5 rings (SSSR count). The van der Waals surface area contributed by atoms with Crippen molar-refractivity contribution >= 4 is 22.6 Å². The number of benzene rings is 1. The molecule has 1 aromatic carbocycles. The van der Waals surface area contributed by atoms with E-state index < -0.39 is 17.2 Å². The van der Waals surface area contributed by atoms with Gasteiger partial charge >= 0.3 is 5.97 Å². The zero-order valence-corrected chi connectivity index (χ0v) is 15.0. The Morgan fingerprint density at radius 1 is 1.04 bits per heavy atom. The van der Waals surface area contributed by atoms with Crippen LogP contribution in [0.3, 0.4) is 0 Å². The van der Waals surface area contributed by atoms with Crippen molar-refractivity contribution in [1.29, 1.82) is 0 Å². The molecular weight excluding hydrogens is 349 g/mol. The number of carboxylic acid groups (broad SMARTS) is 1. The van der Waals surface area contributed by atoms with Crippen LogP contribution in [0.5, 0.6) is 0 Å². The highest BCUT2D eigenvalue weighted by molar-refractivity contribution is 5.93. The maximum atomic E-state index is 14.9. The Kier molecular flexibility index (Phi) is 3.75. The third kappa shape index (κ3) is 2.90. The Morgan fingerprint density at radius 3 is 2.30 bits per heavy atom. The summed E-state index contributed by atoms with van der Waals surface area (Å²) in [6.07, 6.45) is 5.86. The molecule has 1 aromatic heterocycles. The third-order valence-electron chi connectivity index (χ3n) is 5.99. The number of nitrogens with zero attached hydrogens (tertiary/aromatic N) is 3. The highest BCUT2D eigenvalue weighted by Gasteiger charge is 2.32. The van der Waals surface area contributed by atoms with E-state index >= 15 is 0 Å². The van der Waals surface area contributed by atoms with E-state index in [1.165, 1.54) is 25.1 Å². The molecule has 27 heavy (non-hydrogen) atoms. The van der Waals surface area contributed by atoms with Crippen LogP contribution in [0.25, 0.3) is 10.9 Å². The van der Waals surface area contributed by atoms with E-state index in [0.29, 0.717) is 17.2 Å². The van der Waals surface area contributed by atoms with Crippen LogP contribution in [-0.2, 0) is 0 Å². The first-order chi connectivity index (χ1) is 13.0. The van der Waals surface area contributed by atoms with E-state index in [-0.39, 0.29) is 17.0 Å². The molecule has 0 amide bonds. The van der Waals surface area contributed by atoms with Crippen LogP contribution in [0, 0.1) is 5.82 Å². The van der Waals surface area contributed by atoms with Gasteiger partial charge in [-0.2, -0.15) is 0 Å². The molecule has 0 unspecified atom stereocenters. The van der Waals surface area contributed by atoms with Crippen molar-refractivity contribution in [2.75, 3.05) is 31.1 Å². The minimum Gasteiger partial charge on any atom is -0.477 e. The second-order valence-electron chi connectivity index (χ2n) is 7.89. The van der Waals surface area contributed by atoms with Gasteiger partial charge in [-0.25, -0.2) is 9.18 Å². The number of piperazine rings is 1. The minimum atomic E-state index is -1.27. The summed E-state index contributed by atoms with van der Waals surface area (Å²) in [6.45, 7) is 3.38. The first-order valence-corrected chi connectivity index (χ1v) is 9.63. The monoisotopic (exact) mass is 371 g/mol.